The summed E-state index contributed by atoms with van der Waals surface area (Å²) in [6.07, 6.45) is 5.44. The lowest BCUT2D eigenvalue weighted by Gasteiger charge is -2.07. The van der Waals surface area contributed by atoms with Crippen molar-refractivity contribution in [2.24, 2.45) is 0 Å². The summed E-state index contributed by atoms with van der Waals surface area (Å²) in [7, 11) is 0. The van der Waals surface area contributed by atoms with Gasteiger partial charge in [0.25, 0.3) is 0 Å². The van der Waals surface area contributed by atoms with E-state index >= 15 is 0 Å². The molecule has 0 saturated heterocycles. The Bertz CT molecular complexity index is 1440. The molecule has 5 nitrogen and oxygen atoms in total. The van der Waals surface area contributed by atoms with Crippen LogP contribution < -0.4 is 0 Å². The van der Waals surface area contributed by atoms with E-state index in [-0.39, 0.29) is 0 Å². The van der Waals surface area contributed by atoms with Crippen LogP contribution in [0.4, 0.5) is 0 Å². The number of aromatic nitrogens is 5. The van der Waals surface area contributed by atoms with Crippen LogP contribution in [0.2, 0.25) is 0 Å². The zero-order chi connectivity index (χ0) is 19.9. The highest BCUT2D eigenvalue weighted by molar-refractivity contribution is 5.90. The first-order valence-corrected chi connectivity index (χ1v) is 9.67. The molecule has 6 aromatic rings. The van der Waals surface area contributed by atoms with E-state index in [9.17, 15) is 0 Å². The molecule has 5 heteroatoms. The number of hydrogen-bond donors (Lipinski definition) is 0. The summed E-state index contributed by atoms with van der Waals surface area (Å²) < 4.78 is 0. The number of benzene rings is 3. The van der Waals surface area contributed by atoms with Crippen LogP contribution in [-0.2, 0) is 0 Å². The van der Waals surface area contributed by atoms with Crippen molar-refractivity contribution in [3.63, 3.8) is 0 Å². The fraction of sp³-hybridized carbons (Fsp3) is 0. The highest BCUT2D eigenvalue weighted by atomic mass is 15.1. The first-order chi connectivity index (χ1) is 14.8. The van der Waals surface area contributed by atoms with Gasteiger partial charge in [-0.2, -0.15) is 10.2 Å². The zero-order valence-corrected chi connectivity index (χ0v) is 15.9. The molecule has 0 atom stereocenters. The fourth-order valence-electron chi connectivity index (χ4n) is 3.74. The summed E-state index contributed by atoms with van der Waals surface area (Å²) in [6.45, 7) is 0. The van der Waals surface area contributed by atoms with E-state index in [2.05, 4.69) is 61.8 Å². The fourth-order valence-corrected chi connectivity index (χ4v) is 3.74. The molecule has 0 aliphatic carbocycles. The van der Waals surface area contributed by atoms with E-state index < -0.39 is 0 Å². The maximum absolute atomic E-state index is 4.65. The van der Waals surface area contributed by atoms with Crippen molar-refractivity contribution in [3.8, 4) is 22.5 Å². The maximum Gasteiger partial charge on any atom is 0.0936 e. The minimum atomic E-state index is 0.824. The van der Waals surface area contributed by atoms with Crippen molar-refractivity contribution in [1.29, 1.82) is 0 Å². The third kappa shape index (κ3) is 2.84. The molecular formula is C25H15N5. The lowest BCUT2D eigenvalue weighted by Crippen LogP contribution is -1.91. The predicted octanol–water partition coefficient (Wildman–Crippen LogP) is 5.46. The molecule has 0 fully saturated rings. The van der Waals surface area contributed by atoms with Gasteiger partial charge >= 0.3 is 0 Å². The Kier molecular flexibility index (Phi) is 3.71. The van der Waals surface area contributed by atoms with E-state index in [1.165, 1.54) is 5.39 Å². The van der Waals surface area contributed by atoms with Gasteiger partial charge in [0.05, 0.1) is 29.3 Å². The molecule has 0 aliphatic heterocycles. The Morgan fingerprint density at radius 2 is 1.17 bits per heavy atom. The normalized spacial score (nSPS) is 11.3. The molecule has 0 bridgehead atoms. The summed E-state index contributed by atoms with van der Waals surface area (Å²) in [5.74, 6) is 0. The monoisotopic (exact) mass is 385 g/mol. The highest BCUT2D eigenvalue weighted by Crippen LogP contribution is 2.28. The largest absolute Gasteiger partial charge is 0.256 e. The van der Waals surface area contributed by atoms with Crippen LogP contribution in [0.25, 0.3) is 55.0 Å². The molecule has 30 heavy (non-hydrogen) atoms. The van der Waals surface area contributed by atoms with Crippen LogP contribution in [0.15, 0.2) is 91.4 Å². The second-order valence-corrected chi connectivity index (χ2v) is 7.25. The minimum absolute atomic E-state index is 0.824. The minimum Gasteiger partial charge on any atom is -0.256 e. The van der Waals surface area contributed by atoms with Gasteiger partial charge in [-0.05, 0) is 35.7 Å². The number of nitrogens with zero attached hydrogens (tertiary/aromatic N) is 5. The van der Waals surface area contributed by atoms with E-state index in [4.69, 9.17) is 0 Å². The third-order valence-electron chi connectivity index (χ3n) is 5.35. The van der Waals surface area contributed by atoms with E-state index in [1.54, 1.807) is 12.4 Å². The van der Waals surface area contributed by atoms with Crippen molar-refractivity contribution in [3.05, 3.63) is 91.4 Å². The molecule has 0 radical (unpaired) electrons. The van der Waals surface area contributed by atoms with Gasteiger partial charge in [-0.1, -0.05) is 42.5 Å². The van der Waals surface area contributed by atoms with E-state index in [1.807, 2.05) is 42.6 Å². The van der Waals surface area contributed by atoms with Gasteiger partial charge in [0, 0.05) is 38.9 Å². The SMILES string of the molecule is c1ccc2cc(-c3ccc4nnc(-c5ccc6cnncc6c5)cc4c3)ncc2c1. The molecule has 0 N–H and O–H groups in total. The van der Waals surface area contributed by atoms with Gasteiger partial charge in [-0.15, -0.1) is 10.2 Å². The Morgan fingerprint density at radius 3 is 2.10 bits per heavy atom. The predicted molar refractivity (Wildman–Crippen MR) is 119 cm³/mol. The number of rotatable bonds is 2. The van der Waals surface area contributed by atoms with E-state index in [0.717, 1.165) is 49.6 Å². The molecule has 3 aromatic carbocycles. The molecule has 3 aromatic heterocycles. The standard InChI is InChI=1S/C25H15N5/c1-2-4-19-13-26-24(11-16(19)3-1)17-7-8-23-21(9-17)12-25(30-29-23)18-5-6-20-14-27-28-15-22(20)10-18/h1-15H. The third-order valence-corrected chi connectivity index (χ3v) is 5.35. The molecule has 0 aliphatic rings. The number of hydrogen-bond acceptors (Lipinski definition) is 5. The van der Waals surface area contributed by atoms with Crippen LogP contribution in [0, 0.1) is 0 Å². The van der Waals surface area contributed by atoms with Gasteiger partial charge in [0.15, 0.2) is 0 Å². The second kappa shape index (κ2) is 6.67. The van der Waals surface area contributed by atoms with Gasteiger partial charge < -0.3 is 0 Å². The van der Waals surface area contributed by atoms with E-state index in [0.29, 0.717) is 0 Å². The average molecular weight is 385 g/mol. The zero-order valence-electron chi connectivity index (χ0n) is 15.9. The molecule has 0 spiro atoms. The molecular weight excluding hydrogens is 370 g/mol. The van der Waals surface area contributed by atoms with Crippen molar-refractivity contribution < 1.29 is 0 Å². The first kappa shape index (κ1) is 16.7. The van der Waals surface area contributed by atoms with Crippen molar-refractivity contribution in [2.75, 3.05) is 0 Å². The molecule has 0 saturated carbocycles. The van der Waals surface area contributed by atoms with Gasteiger partial charge in [-0.3, -0.25) is 4.98 Å². The van der Waals surface area contributed by atoms with Crippen molar-refractivity contribution >= 4 is 32.4 Å². The summed E-state index contributed by atoms with van der Waals surface area (Å²) >= 11 is 0. The Balaban J connectivity index is 1.46. The highest BCUT2D eigenvalue weighted by Gasteiger charge is 2.07. The molecule has 6 rings (SSSR count). The summed E-state index contributed by atoms with van der Waals surface area (Å²) in [5.41, 5.74) is 4.68. The Labute approximate surface area is 172 Å². The van der Waals surface area contributed by atoms with Gasteiger partial charge in [-0.25, -0.2) is 0 Å². The summed E-state index contributed by atoms with van der Waals surface area (Å²) in [4.78, 5) is 4.65. The average Bonchev–Trinajstić information content (AvgIpc) is 2.82. The quantitative estimate of drug-likeness (QED) is 0.396. The lowest BCUT2D eigenvalue weighted by atomic mass is 10.0. The maximum atomic E-state index is 4.65. The second-order valence-electron chi connectivity index (χ2n) is 7.25. The molecule has 0 unspecified atom stereocenters. The molecule has 0 amide bonds. The lowest BCUT2D eigenvalue weighted by molar-refractivity contribution is 1.05. The topological polar surface area (TPSA) is 64.5 Å². The summed E-state index contributed by atoms with van der Waals surface area (Å²) in [5, 5.41) is 22.2. The molecule has 140 valence electrons. The number of pyridine rings is 1. The van der Waals surface area contributed by atoms with Gasteiger partial charge in [0.1, 0.15) is 0 Å². The van der Waals surface area contributed by atoms with Crippen molar-refractivity contribution in [2.45, 2.75) is 0 Å². The molecule has 3 heterocycles. The van der Waals surface area contributed by atoms with Crippen LogP contribution in [0.5, 0.6) is 0 Å². The Hall–Kier alpha value is -4.25. The van der Waals surface area contributed by atoms with Crippen molar-refractivity contribution in [1.82, 2.24) is 25.4 Å². The van der Waals surface area contributed by atoms with Crippen LogP contribution in [-0.4, -0.2) is 25.4 Å². The van der Waals surface area contributed by atoms with Crippen LogP contribution in [0.3, 0.4) is 0 Å². The van der Waals surface area contributed by atoms with Crippen LogP contribution in [0.1, 0.15) is 0 Å². The Morgan fingerprint density at radius 1 is 0.467 bits per heavy atom. The summed E-state index contributed by atoms with van der Waals surface area (Å²) in [6, 6.07) is 24.7. The van der Waals surface area contributed by atoms with Gasteiger partial charge in [0.2, 0.25) is 0 Å². The number of fused-ring (bicyclic) bond motifs is 3. The first-order valence-electron chi connectivity index (χ1n) is 9.67. The van der Waals surface area contributed by atoms with Crippen LogP contribution >= 0.6 is 0 Å². The smallest absolute Gasteiger partial charge is 0.0936 e.